The highest BCUT2D eigenvalue weighted by atomic mass is 35.5. The molecule has 0 unspecified atom stereocenters. The number of hydrogen-bond donors (Lipinski definition) is 3. The van der Waals surface area contributed by atoms with Gasteiger partial charge in [0.25, 0.3) is 10.0 Å². The van der Waals surface area contributed by atoms with Crippen LogP contribution in [0.15, 0.2) is 86.4 Å². The molecule has 19 nitrogen and oxygen atoms in total. The third kappa shape index (κ3) is 15.6. The molecule has 7 rings (SSSR count). The zero-order chi connectivity index (χ0) is 50.5. The van der Waals surface area contributed by atoms with Gasteiger partial charge >= 0.3 is 35.0 Å². The van der Waals surface area contributed by atoms with Gasteiger partial charge in [0, 0.05) is 36.0 Å². The molecule has 3 aromatic heterocycles. The highest BCUT2D eigenvalue weighted by molar-refractivity contribution is 8.00. The Morgan fingerprint density at radius 1 is 0.986 bits per heavy atom. The zero-order valence-electron chi connectivity index (χ0n) is 36.3. The fourth-order valence-corrected chi connectivity index (χ4v) is 9.34. The number of carbonyl (C=O) groups is 3. The van der Waals surface area contributed by atoms with E-state index >= 15 is 0 Å². The van der Waals surface area contributed by atoms with E-state index in [4.69, 9.17) is 37.8 Å². The number of hydrogen-bond acceptors (Lipinski definition) is 16. The van der Waals surface area contributed by atoms with E-state index in [0.717, 1.165) is 53.5 Å². The Labute approximate surface area is 407 Å². The molecule has 3 aromatic carbocycles. The number of aliphatic carboxylic acids is 1. The Morgan fingerprint density at radius 2 is 1.71 bits per heavy atom. The van der Waals surface area contributed by atoms with Crippen molar-refractivity contribution in [1.82, 2.24) is 34.0 Å². The van der Waals surface area contributed by atoms with Crippen molar-refractivity contribution in [1.29, 1.82) is 0 Å². The molecule has 69 heavy (non-hydrogen) atoms. The summed E-state index contributed by atoms with van der Waals surface area (Å²) in [5.74, 6) is -1.58. The highest BCUT2D eigenvalue weighted by Crippen LogP contribution is 2.34. The van der Waals surface area contributed by atoms with Crippen LogP contribution in [-0.2, 0) is 43.9 Å². The predicted octanol–water partition coefficient (Wildman–Crippen LogP) is 7.34. The number of thioether (sulfide) groups is 1. The Morgan fingerprint density at radius 3 is 2.41 bits per heavy atom. The third-order valence-electron chi connectivity index (χ3n) is 9.01. The lowest BCUT2D eigenvalue weighted by Gasteiger charge is -2.15. The molecule has 0 bridgehead atoms. The van der Waals surface area contributed by atoms with E-state index in [2.05, 4.69) is 35.0 Å². The third-order valence-corrected chi connectivity index (χ3v) is 13.1. The molecule has 0 radical (unpaired) electrons. The lowest BCUT2D eigenvalue weighted by atomic mass is 10.1. The average Bonchev–Trinajstić information content (AvgIpc) is 3.62. The molecule has 4 heterocycles. The number of anilines is 1. The minimum Gasteiger partial charge on any atom is -0.480 e. The summed E-state index contributed by atoms with van der Waals surface area (Å²) in [6.45, 7) is 2.43. The molecular weight excluding hydrogens is 1020 g/mol. The van der Waals surface area contributed by atoms with Gasteiger partial charge in [0.15, 0.2) is 6.61 Å². The van der Waals surface area contributed by atoms with Crippen LogP contribution in [0.4, 0.5) is 34.0 Å². The first kappa shape index (κ1) is 53.6. The Bertz CT molecular complexity index is 3080. The molecule has 6 aromatic rings. The second kappa shape index (κ2) is 24.3. The molecule has 368 valence electrons. The number of amides is 2. The Balaban J connectivity index is 0.000000200. The quantitative estimate of drug-likeness (QED) is 0.0582. The van der Waals surface area contributed by atoms with Crippen molar-refractivity contribution in [2.75, 3.05) is 31.9 Å². The van der Waals surface area contributed by atoms with Crippen molar-refractivity contribution >= 4 is 96.8 Å². The first-order valence-corrected chi connectivity index (χ1v) is 23.9. The smallest absolute Gasteiger partial charge is 0.389 e. The fourth-order valence-electron chi connectivity index (χ4n) is 5.96. The first-order chi connectivity index (χ1) is 32.7. The summed E-state index contributed by atoms with van der Waals surface area (Å²) < 4.78 is 96.1. The number of halogens is 6. The number of rotatable bonds is 13. The van der Waals surface area contributed by atoms with Crippen molar-refractivity contribution < 1.29 is 59.7 Å². The van der Waals surface area contributed by atoms with Crippen LogP contribution in [0.2, 0.25) is 10.0 Å². The van der Waals surface area contributed by atoms with Crippen LogP contribution in [-0.4, -0.2) is 93.5 Å². The van der Waals surface area contributed by atoms with Crippen molar-refractivity contribution in [2.45, 2.75) is 61.7 Å². The molecule has 0 fully saturated rings. The molecule has 1 aliphatic heterocycles. The van der Waals surface area contributed by atoms with E-state index in [1.165, 1.54) is 45.4 Å². The largest absolute Gasteiger partial charge is 0.480 e. The van der Waals surface area contributed by atoms with Gasteiger partial charge in [-0.3, -0.25) is 24.6 Å². The highest BCUT2D eigenvalue weighted by Gasteiger charge is 2.29. The molecule has 0 saturated carbocycles. The number of methoxy groups -OCH3 is 2. The van der Waals surface area contributed by atoms with Crippen LogP contribution >= 0.6 is 46.3 Å². The van der Waals surface area contributed by atoms with Gasteiger partial charge in [0.1, 0.15) is 28.6 Å². The number of urea groups is 1. The number of aromatic nitrogens is 6. The van der Waals surface area contributed by atoms with Crippen molar-refractivity contribution in [3.05, 3.63) is 109 Å². The van der Waals surface area contributed by atoms with E-state index in [1.807, 2.05) is 0 Å². The number of esters is 1. The molecule has 0 atom stereocenters. The second-order valence-electron chi connectivity index (χ2n) is 13.9. The second-order valence-corrected chi connectivity index (χ2v) is 18.3. The Hall–Kier alpha value is -6.35. The molecule has 0 spiro atoms. The minimum atomic E-state index is -4.45. The lowest BCUT2D eigenvalue weighted by molar-refractivity contribution is -0.139. The van der Waals surface area contributed by atoms with Gasteiger partial charge in [-0.25, -0.2) is 36.8 Å². The molecule has 3 N–H and O–H groups in total. The zero-order valence-corrected chi connectivity index (χ0v) is 40.2. The number of nitrogens with one attached hydrogen (secondary N) is 2. The van der Waals surface area contributed by atoms with Gasteiger partial charge in [0.2, 0.25) is 10.7 Å². The summed E-state index contributed by atoms with van der Waals surface area (Å²) in [6, 6.07) is 13.3. The predicted molar refractivity (Wildman–Crippen MR) is 246 cm³/mol. The number of carbonyl (C=O) groups excluding carboxylic acids is 2. The van der Waals surface area contributed by atoms with E-state index < -0.39 is 64.3 Å². The van der Waals surface area contributed by atoms with Gasteiger partial charge in [-0.15, -0.1) is 11.8 Å². The number of benzene rings is 3. The molecule has 0 aliphatic carbocycles. The number of fused-ring (bicyclic) bond motifs is 2. The van der Waals surface area contributed by atoms with Crippen LogP contribution in [0.1, 0.15) is 30.7 Å². The van der Waals surface area contributed by atoms with Crippen LogP contribution in [0.25, 0.3) is 10.9 Å². The molecular formula is C41H39Cl2F4N9O10S3. The van der Waals surface area contributed by atoms with Crippen molar-refractivity contribution in [2.24, 2.45) is 4.99 Å². The summed E-state index contributed by atoms with van der Waals surface area (Å²) in [4.78, 5) is 66.0. The number of ether oxygens (including phenoxy) is 3. The van der Waals surface area contributed by atoms with Crippen LogP contribution in [0.5, 0.6) is 11.8 Å². The normalized spacial score (nSPS) is 12.4. The monoisotopic (exact) mass is 1060 g/mol. The summed E-state index contributed by atoms with van der Waals surface area (Å²) in [5.41, 5.74) is 0.577. The van der Waals surface area contributed by atoms with E-state index in [0.29, 0.717) is 39.1 Å². The number of carboxylic acids is 1. The van der Waals surface area contributed by atoms with Gasteiger partial charge in [-0.1, -0.05) is 41.4 Å². The van der Waals surface area contributed by atoms with Crippen LogP contribution < -0.4 is 29.2 Å². The number of carboxylic acid groups (broad SMARTS) is 1. The average molecular weight is 1060 g/mol. The van der Waals surface area contributed by atoms with E-state index in [1.54, 1.807) is 44.5 Å². The lowest BCUT2D eigenvalue weighted by Crippen LogP contribution is -2.35. The van der Waals surface area contributed by atoms with Gasteiger partial charge in [-0.05, 0) is 85.6 Å². The number of nitrogens with zero attached hydrogens (tertiary/aromatic N) is 7. The molecule has 28 heteroatoms. The Kier molecular flexibility index (Phi) is 18.9. The summed E-state index contributed by atoms with van der Waals surface area (Å²) >= 11 is 14.2. The summed E-state index contributed by atoms with van der Waals surface area (Å²) in [6.07, 6.45) is -2.70. The standard InChI is InChI=1S/C15H15ClFN3O3S2.C15H16F3N5O4S.C11H8ClNO3/c1-23-13(21)8-24-12-7-11(10(17)6-9(12)16)18-14-19-4-2-3-5-20(19)15(22)25-14;1-9-19-12(22-14(20-9)27-2)21-13(24)23-28(25,26)11-6-4-3-5-10(11)7-8-15(16,17)18;12-8-3-4-9(16-6-10(14)15)11-7(8)2-1-5-13-11/h6-7H,2-5,8H2,1H3;3-6H,7-8H2,1-2H3,(H2,19,20,21,22,23,24);1-5H,6H2,(H,14,15). The van der Waals surface area contributed by atoms with Crippen molar-refractivity contribution in [3.63, 3.8) is 0 Å². The van der Waals surface area contributed by atoms with Crippen LogP contribution in [0, 0.1) is 12.7 Å². The minimum absolute atomic E-state index is 0.0605. The molecule has 1 aliphatic rings. The molecule has 0 saturated heterocycles. The maximum atomic E-state index is 14.3. The number of pyridine rings is 1. The molecule has 2 amide bonds. The van der Waals surface area contributed by atoms with Crippen molar-refractivity contribution in [3.8, 4) is 11.8 Å². The first-order valence-electron chi connectivity index (χ1n) is 19.8. The summed E-state index contributed by atoms with van der Waals surface area (Å²) in [7, 11) is -1.85. The van der Waals surface area contributed by atoms with Gasteiger partial charge in [-0.2, -0.15) is 28.1 Å². The fraction of sp³-hybridized carbons (Fsp3) is 0.293. The maximum absolute atomic E-state index is 14.3. The number of alkyl halides is 3. The maximum Gasteiger partial charge on any atom is 0.389 e. The number of sulfonamides is 1. The summed E-state index contributed by atoms with van der Waals surface area (Å²) in [5, 5.41) is 12.1. The number of aryl methyl sites for hydroxylation is 2. The van der Waals surface area contributed by atoms with E-state index in [9.17, 15) is 45.2 Å². The van der Waals surface area contributed by atoms with Gasteiger partial charge < -0.3 is 19.3 Å². The SMILES string of the molecule is COC(=O)CSc1cc(N=c2sc(=O)n3n2CCCC3)c(F)cc1Cl.COc1nc(C)nc(NC(=O)NS(=O)(=O)c2ccccc2CCC(F)(F)F)n1.O=C(O)COc1ccc(Cl)c2cccnc12. The van der Waals surface area contributed by atoms with E-state index in [-0.39, 0.29) is 44.7 Å². The van der Waals surface area contributed by atoms with Crippen LogP contribution in [0.3, 0.4) is 0 Å². The van der Waals surface area contributed by atoms with Gasteiger partial charge in [0.05, 0.1) is 34.9 Å². The topological polar surface area (TPSA) is 248 Å².